The number of thiophene rings is 1. The van der Waals surface area contributed by atoms with Crippen LogP contribution in [0.4, 0.5) is 4.39 Å². The quantitative estimate of drug-likeness (QED) is 0.837. The summed E-state index contributed by atoms with van der Waals surface area (Å²) in [6.07, 6.45) is 2.65. The predicted molar refractivity (Wildman–Crippen MR) is 85.8 cm³/mol. The molecule has 1 aliphatic rings. The molecule has 1 saturated carbocycles. The van der Waals surface area contributed by atoms with Gasteiger partial charge in [-0.1, -0.05) is 18.2 Å². The van der Waals surface area contributed by atoms with Gasteiger partial charge in [0.05, 0.1) is 0 Å². The van der Waals surface area contributed by atoms with Gasteiger partial charge in [-0.15, -0.1) is 11.3 Å². The van der Waals surface area contributed by atoms with E-state index in [-0.39, 0.29) is 5.82 Å². The standard InChI is InChI=1S/C17H21FN2S/c1-20(11-13-4-2-3-5-17(13)18)12-16-9-8-15(21-16)10-19-14-6-7-14/h2-5,8-9,14,19H,6-7,10-12H2,1H3. The summed E-state index contributed by atoms with van der Waals surface area (Å²) < 4.78 is 13.6. The number of nitrogens with one attached hydrogen (secondary N) is 1. The van der Waals surface area contributed by atoms with Crippen molar-refractivity contribution in [3.63, 3.8) is 0 Å². The number of hydrogen-bond donors (Lipinski definition) is 1. The first-order valence-electron chi connectivity index (χ1n) is 7.43. The zero-order valence-corrected chi connectivity index (χ0v) is 13.1. The van der Waals surface area contributed by atoms with Crippen LogP contribution in [0.25, 0.3) is 0 Å². The second kappa shape index (κ2) is 6.69. The molecule has 1 heterocycles. The van der Waals surface area contributed by atoms with E-state index >= 15 is 0 Å². The molecule has 1 aromatic carbocycles. The van der Waals surface area contributed by atoms with Crippen molar-refractivity contribution in [1.29, 1.82) is 0 Å². The van der Waals surface area contributed by atoms with Gasteiger partial charge in [0.1, 0.15) is 5.82 Å². The van der Waals surface area contributed by atoms with Gasteiger partial charge < -0.3 is 5.32 Å². The zero-order valence-electron chi connectivity index (χ0n) is 12.3. The van der Waals surface area contributed by atoms with E-state index in [0.717, 1.165) is 24.7 Å². The summed E-state index contributed by atoms with van der Waals surface area (Å²) in [5, 5.41) is 3.53. The third-order valence-electron chi connectivity index (χ3n) is 3.68. The Kier molecular flexibility index (Phi) is 4.68. The molecule has 21 heavy (non-hydrogen) atoms. The Hall–Kier alpha value is -1.23. The van der Waals surface area contributed by atoms with Gasteiger partial charge in [0, 0.05) is 41.0 Å². The van der Waals surface area contributed by atoms with Gasteiger partial charge in [0.2, 0.25) is 0 Å². The predicted octanol–water partition coefficient (Wildman–Crippen LogP) is 3.77. The first kappa shape index (κ1) is 14.7. The summed E-state index contributed by atoms with van der Waals surface area (Å²) in [6, 6.07) is 12.1. The highest BCUT2D eigenvalue weighted by Crippen LogP contribution is 2.22. The van der Waals surface area contributed by atoms with Crippen LogP contribution in [-0.4, -0.2) is 18.0 Å². The molecule has 0 saturated heterocycles. The number of halogens is 1. The van der Waals surface area contributed by atoms with Gasteiger partial charge in [-0.2, -0.15) is 0 Å². The van der Waals surface area contributed by atoms with Crippen LogP contribution in [0, 0.1) is 5.82 Å². The van der Waals surface area contributed by atoms with Gasteiger partial charge in [-0.3, -0.25) is 4.90 Å². The monoisotopic (exact) mass is 304 g/mol. The van der Waals surface area contributed by atoms with Crippen LogP contribution >= 0.6 is 11.3 Å². The molecule has 1 aromatic heterocycles. The molecule has 2 nitrogen and oxygen atoms in total. The summed E-state index contributed by atoms with van der Waals surface area (Å²) >= 11 is 1.85. The lowest BCUT2D eigenvalue weighted by Crippen LogP contribution is -2.17. The fourth-order valence-corrected chi connectivity index (χ4v) is 3.42. The van der Waals surface area contributed by atoms with E-state index in [4.69, 9.17) is 0 Å². The molecular formula is C17H21FN2S. The van der Waals surface area contributed by atoms with Gasteiger partial charge in [-0.25, -0.2) is 4.39 Å². The van der Waals surface area contributed by atoms with E-state index in [2.05, 4.69) is 22.3 Å². The molecule has 0 radical (unpaired) electrons. The molecule has 1 fully saturated rings. The number of nitrogens with zero attached hydrogens (tertiary/aromatic N) is 1. The Bertz CT molecular complexity index is 592. The summed E-state index contributed by atoms with van der Waals surface area (Å²) in [5.41, 5.74) is 0.757. The maximum atomic E-state index is 13.6. The average Bonchev–Trinajstić information content (AvgIpc) is 3.19. The molecule has 0 atom stereocenters. The molecule has 0 aliphatic heterocycles. The van der Waals surface area contributed by atoms with Crippen molar-refractivity contribution in [3.8, 4) is 0 Å². The molecule has 1 N–H and O–H groups in total. The SMILES string of the molecule is CN(Cc1ccc(CNC2CC2)s1)Cc1ccccc1F. The van der Waals surface area contributed by atoms with Gasteiger partial charge in [0.25, 0.3) is 0 Å². The summed E-state index contributed by atoms with van der Waals surface area (Å²) in [7, 11) is 2.04. The summed E-state index contributed by atoms with van der Waals surface area (Å²) in [4.78, 5) is 4.88. The molecule has 0 amide bonds. The highest BCUT2D eigenvalue weighted by atomic mass is 32.1. The van der Waals surface area contributed by atoms with Gasteiger partial charge >= 0.3 is 0 Å². The lowest BCUT2D eigenvalue weighted by Gasteiger charge is -2.16. The summed E-state index contributed by atoms with van der Waals surface area (Å²) in [6.45, 7) is 2.48. The van der Waals surface area contributed by atoms with Gasteiger partial charge in [0.15, 0.2) is 0 Å². The number of hydrogen-bond acceptors (Lipinski definition) is 3. The number of benzene rings is 1. The molecule has 0 spiro atoms. The first-order valence-corrected chi connectivity index (χ1v) is 8.25. The van der Waals surface area contributed by atoms with E-state index in [1.54, 1.807) is 6.07 Å². The highest BCUT2D eigenvalue weighted by molar-refractivity contribution is 7.11. The Morgan fingerprint density at radius 1 is 1.14 bits per heavy atom. The summed E-state index contributed by atoms with van der Waals surface area (Å²) in [5.74, 6) is -0.121. The van der Waals surface area contributed by atoms with Crippen molar-refractivity contribution in [2.75, 3.05) is 7.05 Å². The lowest BCUT2D eigenvalue weighted by molar-refractivity contribution is 0.316. The highest BCUT2D eigenvalue weighted by Gasteiger charge is 2.20. The maximum absolute atomic E-state index is 13.6. The molecule has 2 aromatic rings. The van der Waals surface area contributed by atoms with Crippen LogP contribution in [0.3, 0.4) is 0 Å². The molecule has 3 rings (SSSR count). The van der Waals surface area contributed by atoms with E-state index in [1.165, 1.54) is 28.7 Å². The molecule has 1 aliphatic carbocycles. The van der Waals surface area contributed by atoms with Crippen molar-refractivity contribution >= 4 is 11.3 Å². The van der Waals surface area contributed by atoms with Crippen molar-refractivity contribution in [2.24, 2.45) is 0 Å². The topological polar surface area (TPSA) is 15.3 Å². The lowest BCUT2D eigenvalue weighted by atomic mass is 10.2. The van der Waals surface area contributed by atoms with Gasteiger partial charge in [-0.05, 0) is 38.1 Å². The molecular weight excluding hydrogens is 283 g/mol. The minimum atomic E-state index is -0.121. The van der Waals surface area contributed by atoms with E-state index in [1.807, 2.05) is 30.5 Å². The van der Waals surface area contributed by atoms with Crippen LogP contribution in [-0.2, 0) is 19.6 Å². The third-order valence-corrected chi connectivity index (χ3v) is 4.75. The Morgan fingerprint density at radius 3 is 2.67 bits per heavy atom. The zero-order chi connectivity index (χ0) is 14.7. The fourth-order valence-electron chi connectivity index (χ4n) is 2.37. The second-order valence-electron chi connectivity index (χ2n) is 5.79. The maximum Gasteiger partial charge on any atom is 0.127 e. The fraction of sp³-hybridized carbons (Fsp3) is 0.412. The van der Waals surface area contributed by atoms with Crippen molar-refractivity contribution in [3.05, 3.63) is 57.5 Å². The Balaban J connectivity index is 1.52. The minimum absolute atomic E-state index is 0.121. The van der Waals surface area contributed by atoms with Crippen LogP contribution in [0.1, 0.15) is 28.2 Å². The van der Waals surface area contributed by atoms with Crippen LogP contribution < -0.4 is 5.32 Å². The van der Waals surface area contributed by atoms with E-state index in [0.29, 0.717) is 6.54 Å². The Labute approximate surface area is 129 Å². The average molecular weight is 304 g/mol. The van der Waals surface area contributed by atoms with Crippen LogP contribution in [0.5, 0.6) is 0 Å². The smallest absolute Gasteiger partial charge is 0.127 e. The van der Waals surface area contributed by atoms with Crippen molar-refractivity contribution in [2.45, 2.75) is 38.5 Å². The van der Waals surface area contributed by atoms with Crippen molar-refractivity contribution in [1.82, 2.24) is 10.2 Å². The largest absolute Gasteiger partial charge is 0.309 e. The van der Waals surface area contributed by atoms with Crippen molar-refractivity contribution < 1.29 is 4.39 Å². The van der Waals surface area contributed by atoms with E-state index < -0.39 is 0 Å². The minimum Gasteiger partial charge on any atom is -0.309 e. The molecule has 112 valence electrons. The van der Waals surface area contributed by atoms with Crippen LogP contribution in [0.2, 0.25) is 0 Å². The molecule has 0 bridgehead atoms. The van der Waals surface area contributed by atoms with Crippen LogP contribution in [0.15, 0.2) is 36.4 Å². The molecule has 4 heteroatoms. The molecule has 0 unspecified atom stereocenters. The first-order chi connectivity index (χ1) is 10.2. The number of rotatable bonds is 7. The second-order valence-corrected chi connectivity index (χ2v) is 7.04. The van der Waals surface area contributed by atoms with E-state index in [9.17, 15) is 4.39 Å². The normalized spacial score (nSPS) is 14.8. The third kappa shape index (κ3) is 4.37. The Morgan fingerprint density at radius 2 is 1.90 bits per heavy atom.